The first-order chi connectivity index (χ1) is 16.6. The Morgan fingerprint density at radius 3 is 2.32 bits per heavy atom. The molecule has 0 aliphatic rings. The summed E-state index contributed by atoms with van der Waals surface area (Å²) in [6.07, 6.45) is 2.35. The number of benzene rings is 3. The van der Waals surface area contributed by atoms with Gasteiger partial charge in [-0.1, -0.05) is 81.8 Å². The minimum absolute atomic E-state index is 0.585. The fourth-order valence-electron chi connectivity index (χ4n) is 4.40. The van der Waals surface area contributed by atoms with Crippen LogP contribution < -0.4 is 4.74 Å². The van der Waals surface area contributed by atoms with Crippen LogP contribution in [0.25, 0.3) is 11.0 Å². The number of ether oxygens (including phenoxy) is 1. The number of fused-ring (bicyclic) bond motifs is 1. The maximum absolute atomic E-state index is 5.97. The lowest BCUT2D eigenvalue weighted by Gasteiger charge is -2.24. The Bertz CT molecular complexity index is 1150. The molecule has 0 saturated carbocycles. The Balaban J connectivity index is 1.46. The number of imidazole rings is 1. The van der Waals surface area contributed by atoms with Crippen molar-refractivity contribution in [2.45, 2.75) is 59.9 Å². The molecule has 0 amide bonds. The van der Waals surface area contributed by atoms with E-state index in [1.54, 1.807) is 0 Å². The van der Waals surface area contributed by atoms with Gasteiger partial charge in [0, 0.05) is 19.6 Å². The van der Waals surface area contributed by atoms with Crippen molar-refractivity contribution in [3.63, 3.8) is 0 Å². The maximum Gasteiger partial charge on any atom is 0.124 e. The predicted octanol–water partition coefficient (Wildman–Crippen LogP) is 7.07. The fraction of sp³-hybridized carbons (Fsp3) is 0.367. The summed E-state index contributed by atoms with van der Waals surface area (Å²) < 4.78 is 8.40. The van der Waals surface area contributed by atoms with Gasteiger partial charge in [-0.2, -0.15) is 0 Å². The highest BCUT2D eigenvalue weighted by Gasteiger charge is 2.16. The topological polar surface area (TPSA) is 30.3 Å². The second kappa shape index (κ2) is 11.8. The molecule has 4 nitrogen and oxygen atoms in total. The molecule has 0 N–H and O–H groups in total. The molecule has 0 atom stereocenters. The van der Waals surface area contributed by atoms with Gasteiger partial charge in [-0.3, -0.25) is 4.90 Å². The lowest BCUT2D eigenvalue weighted by Crippen LogP contribution is -2.28. The van der Waals surface area contributed by atoms with Crippen molar-refractivity contribution in [2.75, 3.05) is 6.54 Å². The summed E-state index contributed by atoms with van der Waals surface area (Å²) in [7, 11) is 0. The van der Waals surface area contributed by atoms with E-state index in [9.17, 15) is 0 Å². The molecule has 0 aliphatic heterocycles. The van der Waals surface area contributed by atoms with E-state index < -0.39 is 0 Å². The van der Waals surface area contributed by atoms with Crippen molar-refractivity contribution < 1.29 is 4.74 Å². The zero-order valence-corrected chi connectivity index (χ0v) is 20.8. The summed E-state index contributed by atoms with van der Waals surface area (Å²) in [5, 5.41) is 0. The molecule has 0 aliphatic carbocycles. The summed E-state index contributed by atoms with van der Waals surface area (Å²) in [6.45, 7) is 11.2. The molecule has 3 aromatic carbocycles. The Kier molecular flexibility index (Phi) is 8.37. The molecule has 0 saturated heterocycles. The third-order valence-corrected chi connectivity index (χ3v) is 6.04. The van der Waals surface area contributed by atoms with E-state index in [1.165, 1.54) is 29.5 Å². The second-order valence-electron chi connectivity index (χ2n) is 9.50. The predicted molar refractivity (Wildman–Crippen MR) is 141 cm³/mol. The molecule has 0 radical (unpaired) electrons. The molecule has 4 heteroatoms. The molecule has 4 aromatic rings. The molecular formula is C30H37N3O. The van der Waals surface area contributed by atoms with Gasteiger partial charge in [-0.05, 0) is 47.7 Å². The normalized spacial score (nSPS) is 11.6. The Hall–Kier alpha value is -3.11. The maximum atomic E-state index is 5.97. The van der Waals surface area contributed by atoms with Crippen molar-refractivity contribution in [3.05, 3.63) is 95.8 Å². The SMILES string of the molecule is CCCCn1c(CN(Cc2ccc(OCc3ccccc3)cc2)CC(C)C)nc2ccccc21. The summed E-state index contributed by atoms with van der Waals surface area (Å²) in [4.78, 5) is 7.54. The first-order valence-corrected chi connectivity index (χ1v) is 12.5. The third kappa shape index (κ3) is 6.48. The summed E-state index contributed by atoms with van der Waals surface area (Å²) in [5.74, 6) is 2.66. The lowest BCUT2D eigenvalue weighted by atomic mass is 10.1. The molecule has 178 valence electrons. The summed E-state index contributed by atoms with van der Waals surface area (Å²) in [5.41, 5.74) is 4.82. The largest absolute Gasteiger partial charge is 0.489 e. The first-order valence-electron chi connectivity index (χ1n) is 12.5. The van der Waals surface area contributed by atoms with E-state index in [4.69, 9.17) is 9.72 Å². The number of hydrogen-bond donors (Lipinski definition) is 0. The van der Waals surface area contributed by atoms with Crippen LogP contribution >= 0.6 is 0 Å². The lowest BCUT2D eigenvalue weighted by molar-refractivity contribution is 0.219. The van der Waals surface area contributed by atoms with Crippen LogP contribution in [-0.4, -0.2) is 21.0 Å². The molecule has 0 bridgehead atoms. The highest BCUT2D eigenvalue weighted by atomic mass is 16.5. The van der Waals surface area contributed by atoms with E-state index in [-0.39, 0.29) is 0 Å². The van der Waals surface area contributed by atoms with Crippen LogP contribution in [0.5, 0.6) is 5.75 Å². The average Bonchev–Trinajstić information content (AvgIpc) is 3.19. The fourth-order valence-corrected chi connectivity index (χ4v) is 4.40. The third-order valence-electron chi connectivity index (χ3n) is 6.04. The van der Waals surface area contributed by atoms with E-state index in [2.05, 4.69) is 90.9 Å². The average molecular weight is 456 g/mol. The highest BCUT2D eigenvalue weighted by Crippen LogP contribution is 2.21. The van der Waals surface area contributed by atoms with Crippen LogP contribution in [0.1, 0.15) is 50.6 Å². The summed E-state index contributed by atoms with van der Waals surface area (Å²) >= 11 is 0. The van der Waals surface area contributed by atoms with Crippen molar-refractivity contribution in [3.8, 4) is 5.75 Å². The van der Waals surface area contributed by atoms with Gasteiger partial charge in [0.25, 0.3) is 0 Å². The summed E-state index contributed by atoms with van der Waals surface area (Å²) in [6, 6.07) is 27.4. The Labute approximate surface area is 204 Å². The van der Waals surface area contributed by atoms with Gasteiger partial charge in [0.2, 0.25) is 0 Å². The van der Waals surface area contributed by atoms with Gasteiger partial charge >= 0.3 is 0 Å². The van der Waals surface area contributed by atoms with E-state index in [0.717, 1.165) is 43.3 Å². The number of nitrogens with zero attached hydrogens (tertiary/aromatic N) is 3. The van der Waals surface area contributed by atoms with Gasteiger partial charge in [-0.15, -0.1) is 0 Å². The van der Waals surface area contributed by atoms with E-state index in [1.807, 2.05) is 18.2 Å². The molecule has 1 aromatic heterocycles. The van der Waals surface area contributed by atoms with Gasteiger partial charge in [-0.25, -0.2) is 4.98 Å². The van der Waals surface area contributed by atoms with Crippen molar-refractivity contribution in [1.29, 1.82) is 0 Å². The van der Waals surface area contributed by atoms with E-state index in [0.29, 0.717) is 12.5 Å². The van der Waals surface area contributed by atoms with Crippen LogP contribution in [0.2, 0.25) is 0 Å². The molecule has 1 heterocycles. The smallest absolute Gasteiger partial charge is 0.124 e. The number of unbranched alkanes of at least 4 members (excludes halogenated alkanes) is 1. The van der Waals surface area contributed by atoms with Crippen molar-refractivity contribution in [1.82, 2.24) is 14.5 Å². The Morgan fingerprint density at radius 2 is 1.59 bits per heavy atom. The number of rotatable bonds is 12. The second-order valence-corrected chi connectivity index (χ2v) is 9.50. The molecule has 0 unspecified atom stereocenters. The highest BCUT2D eigenvalue weighted by molar-refractivity contribution is 5.75. The molecule has 4 rings (SSSR count). The minimum atomic E-state index is 0.585. The Morgan fingerprint density at radius 1 is 0.853 bits per heavy atom. The number of hydrogen-bond acceptors (Lipinski definition) is 3. The zero-order chi connectivity index (χ0) is 23.8. The molecular weight excluding hydrogens is 418 g/mol. The molecule has 0 spiro atoms. The molecule has 0 fully saturated rings. The van der Waals surface area contributed by atoms with Crippen LogP contribution in [0, 0.1) is 5.92 Å². The van der Waals surface area contributed by atoms with Crippen molar-refractivity contribution >= 4 is 11.0 Å². The van der Waals surface area contributed by atoms with Crippen LogP contribution in [0.4, 0.5) is 0 Å². The van der Waals surface area contributed by atoms with Crippen LogP contribution in [-0.2, 0) is 26.2 Å². The quantitative estimate of drug-likeness (QED) is 0.229. The monoisotopic (exact) mass is 455 g/mol. The van der Waals surface area contributed by atoms with Gasteiger partial charge in [0.15, 0.2) is 0 Å². The standard InChI is InChI=1S/C30H37N3O/c1-4-5-19-33-29-14-10-9-13-28(29)31-30(33)22-32(20-24(2)3)21-25-15-17-27(18-16-25)34-23-26-11-7-6-8-12-26/h6-18,24H,4-5,19-23H2,1-3H3. The molecule has 34 heavy (non-hydrogen) atoms. The number of aryl methyl sites for hydroxylation is 1. The van der Waals surface area contributed by atoms with E-state index >= 15 is 0 Å². The van der Waals surface area contributed by atoms with Crippen LogP contribution in [0.15, 0.2) is 78.9 Å². The van der Waals surface area contributed by atoms with Crippen molar-refractivity contribution in [2.24, 2.45) is 5.92 Å². The van der Waals surface area contributed by atoms with Gasteiger partial charge < -0.3 is 9.30 Å². The first kappa shape index (κ1) is 24.0. The van der Waals surface area contributed by atoms with Crippen LogP contribution in [0.3, 0.4) is 0 Å². The van der Waals surface area contributed by atoms with Gasteiger partial charge in [0.1, 0.15) is 18.2 Å². The van der Waals surface area contributed by atoms with Gasteiger partial charge in [0.05, 0.1) is 17.6 Å². The number of aromatic nitrogens is 2. The minimum Gasteiger partial charge on any atom is -0.489 e. The number of para-hydroxylation sites is 2. The zero-order valence-electron chi connectivity index (χ0n) is 20.8.